The number of aliphatic hydroxyl groups excluding tert-OH is 1. The number of likely N-dealkylation sites (tertiary alicyclic amines) is 1. The van der Waals surface area contributed by atoms with Crippen LogP contribution in [0.5, 0.6) is 0 Å². The summed E-state index contributed by atoms with van der Waals surface area (Å²) in [7, 11) is 0. The van der Waals surface area contributed by atoms with Crippen molar-refractivity contribution in [2.24, 2.45) is 0 Å². The SMILES string of the molecule is O=C(NC1CCN(C2CCSCC2)CC1)N[C@@H](CO)c1ccc(F)cc1. The van der Waals surface area contributed by atoms with Gasteiger partial charge < -0.3 is 20.6 Å². The second-order valence-corrected chi connectivity index (χ2v) is 8.28. The minimum absolute atomic E-state index is 0.164. The summed E-state index contributed by atoms with van der Waals surface area (Å²) in [4.78, 5) is 14.9. The number of hydrogen-bond acceptors (Lipinski definition) is 4. The molecule has 0 radical (unpaired) electrons. The first-order valence-corrected chi connectivity index (χ1v) is 10.6. The number of nitrogens with zero attached hydrogens (tertiary/aromatic N) is 1. The van der Waals surface area contributed by atoms with Crippen LogP contribution in [0.4, 0.5) is 9.18 Å². The van der Waals surface area contributed by atoms with E-state index in [1.807, 2.05) is 11.8 Å². The summed E-state index contributed by atoms with van der Waals surface area (Å²) in [6.45, 7) is 1.83. The van der Waals surface area contributed by atoms with Gasteiger partial charge in [0.15, 0.2) is 0 Å². The second kappa shape index (κ2) is 9.58. The van der Waals surface area contributed by atoms with E-state index in [9.17, 15) is 14.3 Å². The van der Waals surface area contributed by atoms with Crippen molar-refractivity contribution in [3.05, 3.63) is 35.6 Å². The van der Waals surface area contributed by atoms with Crippen molar-refractivity contribution in [2.45, 2.75) is 43.8 Å². The van der Waals surface area contributed by atoms with Crippen LogP contribution in [0.25, 0.3) is 0 Å². The number of aliphatic hydroxyl groups is 1. The van der Waals surface area contributed by atoms with Crippen LogP contribution in [0.1, 0.15) is 37.3 Å². The average molecular weight is 382 g/mol. The van der Waals surface area contributed by atoms with Crippen LogP contribution in [0.2, 0.25) is 0 Å². The third-order valence-electron chi connectivity index (χ3n) is 5.33. The van der Waals surface area contributed by atoms with Crippen molar-refractivity contribution in [3.8, 4) is 0 Å². The minimum Gasteiger partial charge on any atom is -0.394 e. The lowest BCUT2D eigenvalue weighted by Gasteiger charge is -2.39. The van der Waals surface area contributed by atoms with Gasteiger partial charge in [-0.15, -0.1) is 0 Å². The molecule has 2 aliphatic heterocycles. The Morgan fingerprint density at radius 1 is 1.19 bits per heavy atom. The number of thioether (sulfide) groups is 1. The van der Waals surface area contributed by atoms with E-state index in [-0.39, 0.29) is 24.5 Å². The van der Waals surface area contributed by atoms with Crippen LogP contribution in [0.15, 0.2) is 24.3 Å². The number of benzene rings is 1. The molecule has 2 heterocycles. The molecule has 2 amide bonds. The maximum atomic E-state index is 13.0. The van der Waals surface area contributed by atoms with Gasteiger partial charge in [-0.2, -0.15) is 11.8 Å². The highest BCUT2D eigenvalue weighted by Crippen LogP contribution is 2.24. The Kier molecular flexibility index (Phi) is 7.16. The molecule has 26 heavy (non-hydrogen) atoms. The summed E-state index contributed by atoms with van der Waals surface area (Å²) >= 11 is 2.05. The zero-order chi connectivity index (χ0) is 18.4. The standard InChI is InChI=1S/C19H28FN3O2S/c20-15-3-1-14(2-4-15)18(13-24)22-19(25)21-16-5-9-23(10-6-16)17-7-11-26-12-8-17/h1-4,16-18,24H,5-13H2,(H2,21,22,25)/t18-/m0/s1. The van der Waals surface area contributed by atoms with Gasteiger partial charge in [0.25, 0.3) is 0 Å². The first kappa shape index (κ1) is 19.5. The maximum Gasteiger partial charge on any atom is 0.315 e. The largest absolute Gasteiger partial charge is 0.394 e. The molecule has 2 aliphatic rings. The molecule has 2 fully saturated rings. The van der Waals surface area contributed by atoms with Crippen molar-refractivity contribution in [1.82, 2.24) is 15.5 Å². The lowest BCUT2D eigenvalue weighted by atomic mass is 10.0. The molecule has 0 aromatic heterocycles. The fourth-order valence-electron chi connectivity index (χ4n) is 3.77. The quantitative estimate of drug-likeness (QED) is 0.733. The molecular formula is C19H28FN3O2S. The first-order chi connectivity index (χ1) is 12.7. The van der Waals surface area contributed by atoms with Gasteiger partial charge in [0, 0.05) is 25.2 Å². The molecule has 3 N–H and O–H groups in total. The Morgan fingerprint density at radius 3 is 2.46 bits per heavy atom. The molecule has 0 bridgehead atoms. The number of amides is 2. The number of rotatable bonds is 5. The molecule has 3 rings (SSSR count). The third-order valence-corrected chi connectivity index (χ3v) is 6.38. The second-order valence-electron chi connectivity index (χ2n) is 7.06. The van der Waals surface area contributed by atoms with Crippen LogP contribution in [0, 0.1) is 5.82 Å². The summed E-state index contributed by atoms with van der Waals surface area (Å²) in [5, 5.41) is 15.3. The highest BCUT2D eigenvalue weighted by Gasteiger charge is 2.27. The Hall–Kier alpha value is -1.31. The molecule has 5 nitrogen and oxygen atoms in total. The van der Waals surface area contributed by atoms with E-state index in [1.165, 1.54) is 36.5 Å². The maximum absolute atomic E-state index is 13.0. The number of carbonyl (C=O) groups excluding carboxylic acids is 1. The molecule has 1 atom stereocenters. The minimum atomic E-state index is -0.532. The van der Waals surface area contributed by atoms with Crippen molar-refractivity contribution in [3.63, 3.8) is 0 Å². The van der Waals surface area contributed by atoms with Gasteiger partial charge in [0.1, 0.15) is 5.82 Å². The van der Waals surface area contributed by atoms with E-state index in [1.54, 1.807) is 12.1 Å². The molecule has 1 aromatic carbocycles. The van der Waals surface area contributed by atoms with E-state index in [0.717, 1.165) is 25.9 Å². The fraction of sp³-hybridized carbons (Fsp3) is 0.632. The normalized spacial score (nSPS) is 21.3. The summed E-state index contributed by atoms with van der Waals surface area (Å²) in [5.74, 6) is 2.19. The van der Waals surface area contributed by atoms with Gasteiger partial charge in [-0.1, -0.05) is 12.1 Å². The highest BCUT2D eigenvalue weighted by atomic mass is 32.2. The van der Waals surface area contributed by atoms with Crippen LogP contribution < -0.4 is 10.6 Å². The number of halogens is 1. The third kappa shape index (κ3) is 5.34. The van der Waals surface area contributed by atoms with Gasteiger partial charge in [0.2, 0.25) is 0 Å². The number of hydrogen-bond donors (Lipinski definition) is 3. The summed E-state index contributed by atoms with van der Waals surface area (Å²) in [6, 6.07) is 5.89. The molecule has 0 saturated carbocycles. The zero-order valence-electron chi connectivity index (χ0n) is 15.0. The highest BCUT2D eigenvalue weighted by molar-refractivity contribution is 7.99. The summed E-state index contributed by atoms with van der Waals surface area (Å²) in [6.07, 6.45) is 4.47. The molecule has 1 aromatic rings. The van der Waals surface area contributed by atoms with E-state index in [0.29, 0.717) is 11.6 Å². The molecular weight excluding hydrogens is 353 g/mol. The van der Waals surface area contributed by atoms with Gasteiger partial charge in [-0.25, -0.2) is 9.18 Å². The number of nitrogens with one attached hydrogen (secondary N) is 2. The lowest BCUT2D eigenvalue weighted by molar-refractivity contribution is 0.136. The predicted octanol–water partition coefficient (Wildman–Crippen LogP) is 2.52. The Bertz CT molecular complexity index is 573. The lowest BCUT2D eigenvalue weighted by Crippen LogP contribution is -2.51. The molecule has 0 unspecified atom stereocenters. The molecule has 144 valence electrons. The fourth-order valence-corrected chi connectivity index (χ4v) is 4.86. The smallest absolute Gasteiger partial charge is 0.315 e. The molecule has 7 heteroatoms. The Labute approximate surface area is 158 Å². The van der Waals surface area contributed by atoms with Gasteiger partial charge in [0.05, 0.1) is 12.6 Å². The van der Waals surface area contributed by atoms with Crippen LogP contribution in [0.3, 0.4) is 0 Å². The average Bonchev–Trinajstić information content (AvgIpc) is 2.68. The van der Waals surface area contributed by atoms with Gasteiger partial charge >= 0.3 is 6.03 Å². The Balaban J connectivity index is 1.44. The van der Waals surface area contributed by atoms with Crippen molar-refractivity contribution < 1.29 is 14.3 Å². The zero-order valence-corrected chi connectivity index (χ0v) is 15.8. The summed E-state index contributed by atoms with van der Waals surface area (Å²) in [5.41, 5.74) is 0.689. The van der Waals surface area contributed by atoms with Crippen LogP contribution in [-0.2, 0) is 0 Å². The summed E-state index contributed by atoms with van der Waals surface area (Å²) < 4.78 is 13.0. The molecule has 2 saturated heterocycles. The monoisotopic (exact) mass is 381 g/mol. The molecule has 0 spiro atoms. The van der Waals surface area contributed by atoms with Crippen molar-refractivity contribution >= 4 is 17.8 Å². The van der Waals surface area contributed by atoms with Crippen LogP contribution in [-0.4, -0.2) is 59.3 Å². The van der Waals surface area contributed by atoms with E-state index < -0.39 is 6.04 Å². The van der Waals surface area contributed by atoms with E-state index in [2.05, 4.69) is 15.5 Å². The van der Waals surface area contributed by atoms with Crippen molar-refractivity contribution in [2.75, 3.05) is 31.2 Å². The van der Waals surface area contributed by atoms with E-state index in [4.69, 9.17) is 0 Å². The van der Waals surface area contributed by atoms with E-state index >= 15 is 0 Å². The predicted molar refractivity (Wildman–Crippen MR) is 103 cm³/mol. The van der Waals surface area contributed by atoms with Gasteiger partial charge in [-0.3, -0.25) is 0 Å². The Morgan fingerprint density at radius 2 is 1.85 bits per heavy atom. The number of piperidine rings is 1. The number of carbonyl (C=O) groups is 1. The van der Waals surface area contributed by atoms with Gasteiger partial charge in [-0.05, 0) is 54.9 Å². The first-order valence-electron chi connectivity index (χ1n) is 9.41. The molecule has 0 aliphatic carbocycles. The van der Waals surface area contributed by atoms with Crippen molar-refractivity contribution in [1.29, 1.82) is 0 Å². The van der Waals surface area contributed by atoms with Crippen LogP contribution >= 0.6 is 11.8 Å². The number of urea groups is 1. The topological polar surface area (TPSA) is 64.6 Å².